The van der Waals surface area contributed by atoms with Crippen molar-refractivity contribution in [1.82, 2.24) is 0 Å². The van der Waals surface area contributed by atoms with Gasteiger partial charge in [-0.15, -0.1) is 0 Å². The van der Waals surface area contributed by atoms with Gasteiger partial charge in [-0.25, -0.2) is 0 Å². The Morgan fingerprint density at radius 1 is 0.629 bits per heavy atom. The van der Waals surface area contributed by atoms with Crippen LogP contribution in [0, 0.1) is 0 Å². The third-order valence-electron chi connectivity index (χ3n) is 5.65. The Hall–Kier alpha value is -0.900. The van der Waals surface area contributed by atoms with E-state index in [0.717, 1.165) is 45.1 Å². The second kappa shape index (κ2) is 19.2. The number of unbranched alkanes of at least 4 members (excludes halogenated alkanes) is 4. The van der Waals surface area contributed by atoms with Gasteiger partial charge in [-0.05, 0) is 74.1 Å². The lowest BCUT2D eigenvalue weighted by atomic mass is 9.98. The second-order valence-electron chi connectivity index (χ2n) is 10.3. The molecule has 0 amide bonds. The fourth-order valence-corrected chi connectivity index (χ4v) is 3.29. The van der Waals surface area contributed by atoms with Gasteiger partial charge in [0.05, 0.1) is 32.5 Å². The summed E-state index contributed by atoms with van der Waals surface area (Å²) in [6.45, 7) is 15.8. The van der Waals surface area contributed by atoms with Crippen molar-refractivity contribution in [2.75, 3.05) is 39.6 Å². The molecular weight excluding hydrogens is 450 g/mol. The number of carbonyl (C=O) groups is 2. The van der Waals surface area contributed by atoms with Crippen LogP contribution in [0.1, 0.15) is 99.8 Å². The van der Waals surface area contributed by atoms with E-state index in [1.54, 1.807) is 34.6 Å². The van der Waals surface area contributed by atoms with Crippen LogP contribution >= 0.6 is 0 Å². The lowest BCUT2D eigenvalue weighted by Crippen LogP contribution is -2.37. The van der Waals surface area contributed by atoms with Gasteiger partial charge in [-0.2, -0.15) is 0 Å². The van der Waals surface area contributed by atoms with Crippen LogP contribution in [0.3, 0.4) is 0 Å². The molecular formula is C27H53NO7. The van der Waals surface area contributed by atoms with E-state index in [9.17, 15) is 9.59 Å². The molecule has 0 spiro atoms. The molecule has 0 aromatic heterocycles. The Balaban J connectivity index is 3.85. The average molecular weight is 504 g/mol. The van der Waals surface area contributed by atoms with Crippen molar-refractivity contribution in [3.8, 4) is 0 Å². The molecule has 0 bridgehead atoms. The second-order valence-corrected chi connectivity index (χ2v) is 10.3. The Morgan fingerprint density at radius 2 is 1.06 bits per heavy atom. The molecule has 8 nitrogen and oxygen atoms in total. The quantitative estimate of drug-likeness (QED) is 0.150. The Labute approximate surface area is 213 Å². The van der Waals surface area contributed by atoms with E-state index in [2.05, 4.69) is 0 Å². The summed E-state index contributed by atoms with van der Waals surface area (Å²) in [4.78, 5) is 24.9. The largest absolute Gasteiger partial charge is 0.379 e. The number of carbonyl (C=O) groups excluding carboxylic acids is 2. The summed E-state index contributed by atoms with van der Waals surface area (Å²) in [5.74, 6) is 0.189. The van der Waals surface area contributed by atoms with Crippen molar-refractivity contribution < 1.29 is 33.3 Å². The highest BCUT2D eigenvalue weighted by Crippen LogP contribution is 2.17. The van der Waals surface area contributed by atoms with Crippen LogP contribution in [0.2, 0.25) is 0 Å². The van der Waals surface area contributed by atoms with Crippen LogP contribution < -0.4 is 5.73 Å². The average Bonchev–Trinajstić information content (AvgIpc) is 2.76. The van der Waals surface area contributed by atoms with Crippen molar-refractivity contribution in [2.24, 2.45) is 5.73 Å². The van der Waals surface area contributed by atoms with Gasteiger partial charge in [0.2, 0.25) is 0 Å². The number of nitrogens with two attached hydrogens (primary N) is 1. The third kappa shape index (κ3) is 19.0. The molecule has 0 aliphatic heterocycles. The van der Waals surface area contributed by atoms with E-state index in [1.807, 2.05) is 13.8 Å². The highest BCUT2D eigenvalue weighted by atomic mass is 16.6. The van der Waals surface area contributed by atoms with Crippen molar-refractivity contribution in [3.63, 3.8) is 0 Å². The molecule has 0 heterocycles. The molecule has 0 aromatic carbocycles. The van der Waals surface area contributed by atoms with E-state index in [1.165, 1.54) is 0 Å². The highest BCUT2D eigenvalue weighted by molar-refractivity contribution is 5.86. The normalized spacial score (nSPS) is 13.4. The molecule has 0 aliphatic rings. The number of Topliss-reactive ketones (excluding diaryl/α,β-unsaturated/α-hetero) is 2. The van der Waals surface area contributed by atoms with Crippen molar-refractivity contribution in [3.05, 3.63) is 0 Å². The fraction of sp³-hybridized carbons (Fsp3) is 0.926. The van der Waals surface area contributed by atoms with Gasteiger partial charge in [0, 0.05) is 26.1 Å². The van der Waals surface area contributed by atoms with Crippen molar-refractivity contribution in [1.29, 1.82) is 0 Å². The highest BCUT2D eigenvalue weighted by Gasteiger charge is 2.28. The van der Waals surface area contributed by atoms with Gasteiger partial charge < -0.3 is 29.4 Å². The van der Waals surface area contributed by atoms with Crippen molar-refractivity contribution in [2.45, 2.75) is 123 Å². The number of ether oxygens (including phenoxy) is 5. The van der Waals surface area contributed by atoms with Crippen LogP contribution in [0.5, 0.6) is 0 Å². The Bertz CT molecular complexity index is 514. The molecule has 35 heavy (non-hydrogen) atoms. The van der Waals surface area contributed by atoms with E-state index in [0.29, 0.717) is 45.9 Å². The van der Waals surface area contributed by atoms with Crippen molar-refractivity contribution >= 4 is 11.6 Å². The molecule has 0 saturated heterocycles. The molecule has 0 rings (SSSR count). The zero-order valence-corrected chi connectivity index (χ0v) is 23.5. The maximum absolute atomic E-state index is 12.4. The first-order valence-electron chi connectivity index (χ1n) is 13.3. The molecule has 1 unspecified atom stereocenters. The summed E-state index contributed by atoms with van der Waals surface area (Å²) in [5.41, 5.74) is 3.88. The van der Waals surface area contributed by atoms with Crippen LogP contribution in [-0.2, 0) is 33.3 Å². The summed E-state index contributed by atoms with van der Waals surface area (Å²) in [6, 6.07) is 0. The summed E-state index contributed by atoms with van der Waals surface area (Å²) < 4.78 is 27.9. The van der Waals surface area contributed by atoms with Gasteiger partial charge in [-0.3, -0.25) is 9.59 Å². The van der Waals surface area contributed by atoms with Gasteiger partial charge in [0.25, 0.3) is 0 Å². The fourth-order valence-electron chi connectivity index (χ4n) is 3.29. The number of hydrogen-bond acceptors (Lipinski definition) is 8. The van der Waals surface area contributed by atoms with Crippen LogP contribution in [-0.4, -0.2) is 74.7 Å². The molecule has 208 valence electrons. The topological polar surface area (TPSA) is 106 Å². The van der Waals surface area contributed by atoms with Crippen LogP contribution in [0.4, 0.5) is 0 Å². The Kier molecular flexibility index (Phi) is 18.7. The lowest BCUT2D eigenvalue weighted by Gasteiger charge is -2.25. The van der Waals surface area contributed by atoms with E-state index in [4.69, 9.17) is 29.4 Å². The minimum atomic E-state index is -0.836. The molecule has 1 atom stereocenters. The minimum absolute atomic E-state index is 0.0849. The zero-order valence-electron chi connectivity index (χ0n) is 23.5. The Morgan fingerprint density at radius 3 is 1.46 bits per heavy atom. The van der Waals surface area contributed by atoms with Gasteiger partial charge in [-0.1, -0.05) is 12.8 Å². The molecule has 0 radical (unpaired) electrons. The van der Waals surface area contributed by atoms with Gasteiger partial charge in [0.1, 0.15) is 17.4 Å². The first-order valence-corrected chi connectivity index (χ1v) is 13.3. The summed E-state index contributed by atoms with van der Waals surface area (Å²) in [5, 5.41) is 0. The van der Waals surface area contributed by atoms with Gasteiger partial charge in [0.15, 0.2) is 11.6 Å². The molecule has 0 aromatic rings. The molecule has 0 saturated carbocycles. The van der Waals surface area contributed by atoms with Gasteiger partial charge >= 0.3 is 0 Å². The first-order chi connectivity index (χ1) is 16.4. The molecule has 0 fully saturated rings. The standard InChI is InChI=1S/C27H53NO7/c1-22(2)32-16-12-8-10-14-24(29)26(4,5)34-20-18-31-19-21-35-27(6,7)25(30)15-11-9-13-17-33-23(3)28/h22-23H,8-21,28H2,1-7H3. The summed E-state index contributed by atoms with van der Waals surface area (Å²) in [7, 11) is 0. The molecule has 2 N–H and O–H groups in total. The van der Waals surface area contributed by atoms with E-state index < -0.39 is 11.2 Å². The smallest absolute Gasteiger partial charge is 0.164 e. The first kappa shape index (κ1) is 34.1. The van der Waals surface area contributed by atoms with Crippen LogP contribution in [0.25, 0.3) is 0 Å². The van der Waals surface area contributed by atoms with Crippen LogP contribution in [0.15, 0.2) is 0 Å². The monoisotopic (exact) mass is 503 g/mol. The number of ketones is 2. The molecule has 8 heteroatoms. The SMILES string of the molecule is CC(C)OCCCCCC(=O)C(C)(C)OCCOCCOC(C)(C)C(=O)CCCCCOC(C)N. The predicted octanol–water partition coefficient (Wildman–Crippen LogP) is 4.60. The maximum atomic E-state index is 12.4. The zero-order chi connectivity index (χ0) is 26.7. The predicted molar refractivity (Wildman–Crippen MR) is 139 cm³/mol. The maximum Gasteiger partial charge on any atom is 0.164 e. The number of hydrogen-bond donors (Lipinski definition) is 1. The summed E-state index contributed by atoms with van der Waals surface area (Å²) >= 11 is 0. The van der Waals surface area contributed by atoms with E-state index in [-0.39, 0.29) is 23.9 Å². The summed E-state index contributed by atoms with van der Waals surface area (Å²) in [6.07, 6.45) is 6.39. The third-order valence-corrected chi connectivity index (χ3v) is 5.65. The lowest BCUT2D eigenvalue weighted by molar-refractivity contribution is -0.145. The molecule has 0 aliphatic carbocycles. The minimum Gasteiger partial charge on any atom is -0.379 e. The number of rotatable bonds is 24. The van der Waals surface area contributed by atoms with E-state index >= 15 is 0 Å².